The minimum atomic E-state index is 0.930. The van der Waals surface area contributed by atoms with E-state index in [1.807, 2.05) is 0 Å². The standard InChI is InChI=1S/C10H19N/c1-3-11-10-6-4-5-9(2)7-8-10/h9H,3-8H2,1-2H3. The Morgan fingerprint density at radius 3 is 2.91 bits per heavy atom. The van der Waals surface area contributed by atoms with Crippen molar-refractivity contribution < 1.29 is 0 Å². The fourth-order valence-corrected chi connectivity index (χ4v) is 1.72. The number of nitrogens with zero attached hydrogens (tertiary/aromatic N) is 1. The second kappa shape index (κ2) is 4.53. The van der Waals surface area contributed by atoms with Crippen LogP contribution in [0, 0.1) is 5.92 Å². The van der Waals surface area contributed by atoms with Crippen LogP contribution in [0.1, 0.15) is 46.0 Å². The predicted octanol–water partition coefficient (Wildman–Crippen LogP) is 3.05. The third-order valence-corrected chi connectivity index (χ3v) is 2.47. The average Bonchev–Trinajstić information content (AvgIpc) is 2.17. The van der Waals surface area contributed by atoms with Gasteiger partial charge >= 0.3 is 0 Å². The molecule has 0 aliphatic heterocycles. The first kappa shape index (κ1) is 8.76. The van der Waals surface area contributed by atoms with Gasteiger partial charge in [-0.05, 0) is 38.5 Å². The highest BCUT2D eigenvalue weighted by Crippen LogP contribution is 2.20. The Morgan fingerprint density at radius 1 is 1.36 bits per heavy atom. The molecule has 0 amide bonds. The molecule has 11 heavy (non-hydrogen) atoms. The number of aliphatic imine (C=N–C) groups is 1. The third kappa shape index (κ3) is 3.04. The van der Waals surface area contributed by atoms with Crippen LogP contribution in [0.4, 0.5) is 0 Å². The van der Waals surface area contributed by atoms with Crippen molar-refractivity contribution in [2.45, 2.75) is 46.0 Å². The summed E-state index contributed by atoms with van der Waals surface area (Å²) < 4.78 is 0. The highest BCUT2D eigenvalue weighted by molar-refractivity contribution is 5.84. The van der Waals surface area contributed by atoms with Crippen LogP contribution in [0.15, 0.2) is 4.99 Å². The molecule has 1 saturated carbocycles. The van der Waals surface area contributed by atoms with Gasteiger partial charge in [-0.3, -0.25) is 4.99 Å². The largest absolute Gasteiger partial charge is 0.294 e. The maximum absolute atomic E-state index is 4.49. The summed E-state index contributed by atoms with van der Waals surface area (Å²) in [5, 5.41) is 0. The Labute approximate surface area is 69.9 Å². The monoisotopic (exact) mass is 153 g/mol. The molecule has 1 nitrogen and oxygen atoms in total. The van der Waals surface area contributed by atoms with E-state index in [0.29, 0.717) is 0 Å². The minimum absolute atomic E-state index is 0.930. The number of rotatable bonds is 1. The summed E-state index contributed by atoms with van der Waals surface area (Å²) in [6, 6.07) is 0. The lowest BCUT2D eigenvalue weighted by Crippen LogP contribution is -1.96. The van der Waals surface area contributed by atoms with E-state index in [-0.39, 0.29) is 0 Å². The summed E-state index contributed by atoms with van der Waals surface area (Å²) in [7, 11) is 0. The van der Waals surface area contributed by atoms with E-state index in [4.69, 9.17) is 0 Å². The van der Waals surface area contributed by atoms with E-state index in [1.165, 1.54) is 37.8 Å². The van der Waals surface area contributed by atoms with E-state index in [1.54, 1.807) is 0 Å². The summed E-state index contributed by atoms with van der Waals surface area (Å²) in [5.41, 5.74) is 1.47. The lowest BCUT2D eigenvalue weighted by atomic mass is 10.0. The lowest BCUT2D eigenvalue weighted by Gasteiger charge is -2.03. The van der Waals surface area contributed by atoms with Gasteiger partial charge in [0.05, 0.1) is 0 Å². The molecule has 0 heterocycles. The summed E-state index contributed by atoms with van der Waals surface area (Å²) in [4.78, 5) is 4.49. The molecule has 0 bridgehead atoms. The normalized spacial score (nSPS) is 30.4. The molecule has 0 aromatic carbocycles. The summed E-state index contributed by atoms with van der Waals surface area (Å²) in [5.74, 6) is 0.930. The molecule has 0 saturated heterocycles. The molecule has 1 unspecified atom stereocenters. The summed E-state index contributed by atoms with van der Waals surface area (Å²) in [6.45, 7) is 5.46. The molecule has 0 aromatic rings. The van der Waals surface area contributed by atoms with Gasteiger partial charge in [-0.25, -0.2) is 0 Å². The van der Waals surface area contributed by atoms with Crippen molar-refractivity contribution in [3.05, 3.63) is 0 Å². The van der Waals surface area contributed by atoms with Gasteiger partial charge in [0.15, 0.2) is 0 Å². The zero-order valence-corrected chi connectivity index (χ0v) is 7.77. The Morgan fingerprint density at radius 2 is 2.18 bits per heavy atom. The van der Waals surface area contributed by atoms with Crippen molar-refractivity contribution in [2.75, 3.05) is 6.54 Å². The third-order valence-electron chi connectivity index (χ3n) is 2.47. The molecule has 1 heteroatoms. The van der Waals surface area contributed by atoms with Gasteiger partial charge in [0, 0.05) is 12.3 Å². The van der Waals surface area contributed by atoms with Crippen molar-refractivity contribution in [1.82, 2.24) is 0 Å². The van der Waals surface area contributed by atoms with Crippen molar-refractivity contribution in [3.8, 4) is 0 Å². The Balaban J connectivity index is 2.40. The SMILES string of the molecule is CCN=C1CCCC(C)CC1. The Bertz CT molecular complexity index is 138. The van der Waals surface area contributed by atoms with Crippen LogP contribution in [0.2, 0.25) is 0 Å². The van der Waals surface area contributed by atoms with E-state index in [2.05, 4.69) is 18.8 Å². The molecule has 0 aromatic heterocycles. The van der Waals surface area contributed by atoms with Gasteiger partial charge in [-0.15, -0.1) is 0 Å². The molecular weight excluding hydrogens is 134 g/mol. The van der Waals surface area contributed by atoms with Crippen molar-refractivity contribution >= 4 is 5.71 Å². The highest BCUT2D eigenvalue weighted by Gasteiger charge is 2.10. The van der Waals surface area contributed by atoms with Crippen molar-refractivity contribution in [3.63, 3.8) is 0 Å². The molecule has 1 fully saturated rings. The van der Waals surface area contributed by atoms with Crippen LogP contribution < -0.4 is 0 Å². The summed E-state index contributed by atoms with van der Waals surface area (Å²) in [6.07, 6.45) is 6.65. The van der Waals surface area contributed by atoms with E-state index >= 15 is 0 Å². The Hall–Kier alpha value is -0.330. The van der Waals surface area contributed by atoms with Gasteiger partial charge in [-0.1, -0.05) is 13.3 Å². The maximum Gasteiger partial charge on any atom is 0.0360 e. The zero-order valence-electron chi connectivity index (χ0n) is 7.77. The molecule has 64 valence electrons. The molecule has 0 spiro atoms. The number of hydrogen-bond donors (Lipinski definition) is 0. The van der Waals surface area contributed by atoms with Crippen LogP contribution >= 0.6 is 0 Å². The van der Waals surface area contributed by atoms with Crippen molar-refractivity contribution in [1.29, 1.82) is 0 Å². The van der Waals surface area contributed by atoms with E-state index in [9.17, 15) is 0 Å². The fourth-order valence-electron chi connectivity index (χ4n) is 1.72. The van der Waals surface area contributed by atoms with E-state index < -0.39 is 0 Å². The van der Waals surface area contributed by atoms with Crippen LogP contribution in [-0.4, -0.2) is 12.3 Å². The first-order valence-electron chi connectivity index (χ1n) is 4.85. The quantitative estimate of drug-likeness (QED) is 0.513. The highest BCUT2D eigenvalue weighted by atomic mass is 14.7. The molecule has 0 N–H and O–H groups in total. The van der Waals surface area contributed by atoms with Crippen LogP contribution in [-0.2, 0) is 0 Å². The first-order valence-corrected chi connectivity index (χ1v) is 4.85. The molecule has 1 aliphatic rings. The topological polar surface area (TPSA) is 12.4 Å². The zero-order chi connectivity index (χ0) is 8.10. The molecule has 0 radical (unpaired) electrons. The van der Waals surface area contributed by atoms with Crippen LogP contribution in [0.5, 0.6) is 0 Å². The predicted molar refractivity (Wildman–Crippen MR) is 50.2 cm³/mol. The van der Waals surface area contributed by atoms with Crippen LogP contribution in [0.25, 0.3) is 0 Å². The van der Waals surface area contributed by atoms with Gasteiger partial charge in [-0.2, -0.15) is 0 Å². The van der Waals surface area contributed by atoms with Gasteiger partial charge in [0.2, 0.25) is 0 Å². The summed E-state index contributed by atoms with van der Waals surface area (Å²) >= 11 is 0. The van der Waals surface area contributed by atoms with Gasteiger partial charge < -0.3 is 0 Å². The number of hydrogen-bond acceptors (Lipinski definition) is 1. The molecule has 1 rings (SSSR count). The second-order valence-corrected chi connectivity index (χ2v) is 3.58. The minimum Gasteiger partial charge on any atom is -0.294 e. The van der Waals surface area contributed by atoms with Crippen molar-refractivity contribution in [2.24, 2.45) is 10.9 Å². The average molecular weight is 153 g/mol. The first-order chi connectivity index (χ1) is 5.33. The molecular formula is C10H19N. The molecule has 1 aliphatic carbocycles. The molecule has 1 atom stereocenters. The lowest BCUT2D eigenvalue weighted by molar-refractivity contribution is 0.508. The van der Waals surface area contributed by atoms with E-state index in [0.717, 1.165) is 12.5 Å². The van der Waals surface area contributed by atoms with Gasteiger partial charge in [0.1, 0.15) is 0 Å². The second-order valence-electron chi connectivity index (χ2n) is 3.58. The smallest absolute Gasteiger partial charge is 0.0360 e. The maximum atomic E-state index is 4.49. The van der Waals surface area contributed by atoms with Gasteiger partial charge in [0.25, 0.3) is 0 Å². The Kier molecular flexibility index (Phi) is 3.61. The van der Waals surface area contributed by atoms with Crippen LogP contribution in [0.3, 0.4) is 0 Å². The fraction of sp³-hybridized carbons (Fsp3) is 0.900.